The van der Waals surface area contributed by atoms with Gasteiger partial charge in [-0.3, -0.25) is 0 Å². The van der Waals surface area contributed by atoms with Crippen molar-refractivity contribution in [1.29, 1.82) is 0 Å². The number of nitrogens with zero attached hydrogens (tertiary/aromatic N) is 1. The van der Waals surface area contributed by atoms with Gasteiger partial charge in [-0.1, -0.05) is 29.8 Å². The molecule has 1 aromatic heterocycles. The molecular formula is C16H15ClN2OS. The Bertz CT molecular complexity index is 711. The van der Waals surface area contributed by atoms with Crippen LogP contribution in [-0.2, 0) is 6.42 Å². The predicted molar refractivity (Wildman–Crippen MR) is 88.0 cm³/mol. The Morgan fingerprint density at radius 2 is 2.05 bits per heavy atom. The fourth-order valence-electron chi connectivity index (χ4n) is 2.13. The van der Waals surface area contributed by atoms with E-state index in [0.29, 0.717) is 17.2 Å². The van der Waals surface area contributed by atoms with Crippen molar-refractivity contribution >= 4 is 34.4 Å². The molecule has 0 amide bonds. The summed E-state index contributed by atoms with van der Waals surface area (Å²) in [6.07, 6.45) is 0.0666. The first-order valence-electron chi connectivity index (χ1n) is 6.71. The minimum atomic E-state index is -0.449. The summed E-state index contributed by atoms with van der Waals surface area (Å²) in [7, 11) is 0. The molecule has 1 unspecified atom stereocenters. The molecule has 0 saturated carbocycles. The van der Waals surface area contributed by atoms with E-state index in [2.05, 4.69) is 9.97 Å². The molecule has 0 spiro atoms. The number of fused-ring (bicyclic) bond motifs is 1. The third kappa shape index (κ3) is 3.79. The highest BCUT2D eigenvalue weighted by Crippen LogP contribution is 2.23. The molecule has 1 atom stereocenters. The molecule has 3 aromatic rings. The van der Waals surface area contributed by atoms with Crippen molar-refractivity contribution in [3.8, 4) is 0 Å². The second-order valence-electron chi connectivity index (χ2n) is 4.83. The monoisotopic (exact) mass is 318 g/mol. The number of hydrogen-bond acceptors (Lipinski definition) is 3. The van der Waals surface area contributed by atoms with Gasteiger partial charge in [-0.05, 0) is 30.3 Å². The molecule has 0 aliphatic heterocycles. The number of aliphatic hydroxyl groups excluding tert-OH is 1. The molecule has 0 bridgehead atoms. The highest BCUT2D eigenvalue weighted by molar-refractivity contribution is 7.99. The van der Waals surface area contributed by atoms with Crippen LogP contribution in [0.1, 0.15) is 5.82 Å². The van der Waals surface area contributed by atoms with Gasteiger partial charge in [0.1, 0.15) is 5.82 Å². The maximum absolute atomic E-state index is 10.1. The largest absolute Gasteiger partial charge is 0.392 e. The maximum Gasteiger partial charge on any atom is 0.109 e. The van der Waals surface area contributed by atoms with E-state index in [4.69, 9.17) is 11.6 Å². The van der Waals surface area contributed by atoms with Crippen LogP contribution in [0.15, 0.2) is 53.4 Å². The molecule has 3 rings (SSSR count). The number of hydrogen-bond donors (Lipinski definition) is 2. The van der Waals surface area contributed by atoms with Crippen LogP contribution in [0.3, 0.4) is 0 Å². The van der Waals surface area contributed by atoms with Gasteiger partial charge < -0.3 is 10.1 Å². The second kappa shape index (κ2) is 6.52. The first-order valence-corrected chi connectivity index (χ1v) is 8.07. The third-order valence-electron chi connectivity index (χ3n) is 3.11. The van der Waals surface area contributed by atoms with Gasteiger partial charge in [0, 0.05) is 22.1 Å². The zero-order valence-corrected chi connectivity index (χ0v) is 12.9. The Labute approximate surface area is 132 Å². The summed E-state index contributed by atoms with van der Waals surface area (Å²) in [6, 6.07) is 15.5. The number of imidazole rings is 1. The number of para-hydroxylation sites is 2. The number of aromatic nitrogens is 2. The van der Waals surface area contributed by atoms with Crippen LogP contribution >= 0.6 is 23.4 Å². The van der Waals surface area contributed by atoms with Gasteiger partial charge in [-0.2, -0.15) is 0 Å². The lowest BCUT2D eigenvalue weighted by Gasteiger charge is -2.08. The maximum atomic E-state index is 10.1. The molecule has 2 aromatic carbocycles. The van der Waals surface area contributed by atoms with Crippen molar-refractivity contribution < 1.29 is 5.11 Å². The van der Waals surface area contributed by atoms with Gasteiger partial charge in [0.15, 0.2) is 0 Å². The lowest BCUT2D eigenvalue weighted by molar-refractivity contribution is 0.198. The highest BCUT2D eigenvalue weighted by Gasteiger charge is 2.10. The number of halogens is 1. The van der Waals surface area contributed by atoms with E-state index >= 15 is 0 Å². The Kier molecular flexibility index (Phi) is 4.48. The third-order valence-corrected chi connectivity index (χ3v) is 4.48. The van der Waals surface area contributed by atoms with Crippen LogP contribution in [0, 0.1) is 0 Å². The first kappa shape index (κ1) is 14.4. The average molecular weight is 319 g/mol. The summed E-state index contributed by atoms with van der Waals surface area (Å²) in [6.45, 7) is 0. The van der Waals surface area contributed by atoms with Gasteiger partial charge >= 0.3 is 0 Å². The van der Waals surface area contributed by atoms with E-state index in [-0.39, 0.29) is 0 Å². The van der Waals surface area contributed by atoms with Gasteiger partial charge in [-0.25, -0.2) is 4.98 Å². The lowest BCUT2D eigenvalue weighted by Crippen LogP contribution is -2.14. The Morgan fingerprint density at radius 1 is 1.19 bits per heavy atom. The zero-order chi connectivity index (χ0) is 14.7. The van der Waals surface area contributed by atoms with Crippen LogP contribution in [0.25, 0.3) is 11.0 Å². The summed E-state index contributed by atoms with van der Waals surface area (Å²) in [5, 5.41) is 10.9. The molecule has 108 valence electrons. The predicted octanol–water partition coefficient (Wildman–Crippen LogP) is 3.91. The second-order valence-corrected chi connectivity index (χ2v) is 6.36. The fourth-order valence-corrected chi connectivity index (χ4v) is 3.28. The van der Waals surface area contributed by atoms with Crippen LogP contribution in [0.2, 0.25) is 5.02 Å². The van der Waals surface area contributed by atoms with E-state index in [1.54, 1.807) is 11.8 Å². The number of nitrogens with one attached hydrogen (secondary N) is 1. The zero-order valence-electron chi connectivity index (χ0n) is 11.3. The topological polar surface area (TPSA) is 48.9 Å². The minimum absolute atomic E-state index is 0.449. The standard InChI is InChI=1S/C16H15ClN2OS/c17-11-4-3-5-13(8-11)21-10-12(20)9-16-18-14-6-1-2-7-15(14)19-16/h1-8,12,20H,9-10H2,(H,18,19). The highest BCUT2D eigenvalue weighted by atomic mass is 35.5. The van der Waals surface area contributed by atoms with Gasteiger partial charge in [0.25, 0.3) is 0 Å². The number of benzene rings is 2. The van der Waals surface area contributed by atoms with Crippen molar-refractivity contribution in [3.63, 3.8) is 0 Å². The van der Waals surface area contributed by atoms with Crippen molar-refractivity contribution in [2.45, 2.75) is 17.4 Å². The Hall–Kier alpha value is -1.49. The fraction of sp³-hybridized carbons (Fsp3) is 0.188. The van der Waals surface area contributed by atoms with Crippen LogP contribution < -0.4 is 0 Å². The SMILES string of the molecule is OC(CSc1cccc(Cl)c1)Cc1nc2ccccc2[nH]1. The lowest BCUT2D eigenvalue weighted by atomic mass is 10.3. The minimum Gasteiger partial charge on any atom is -0.392 e. The number of rotatable bonds is 5. The van der Waals surface area contributed by atoms with Crippen LogP contribution in [0.5, 0.6) is 0 Å². The van der Waals surface area contributed by atoms with Crippen molar-refractivity contribution in [2.75, 3.05) is 5.75 Å². The van der Waals surface area contributed by atoms with E-state index in [1.807, 2.05) is 48.5 Å². The molecule has 5 heteroatoms. The van der Waals surface area contributed by atoms with E-state index in [0.717, 1.165) is 21.8 Å². The average Bonchev–Trinajstić information content (AvgIpc) is 2.87. The first-order chi connectivity index (χ1) is 10.2. The number of aliphatic hydroxyl groups is 1. The van der Waals surface area contributed by atoms with E-state index in [9.17, 15) is 5.11 Å². The Morgan fingerprint density at radius 3 is 2.86 bits per heavy atom. The molecule has 0 radical (unpaired) electrons. The van der Waals surface area contributed by atoms with Gasteiger partial charge in [-0.15, -0.1) is 11.8 Å². The molecule has 0 aliphatic carbocycles. The number of thioether (sulfide) groups is 1. The van der Waals surface area contributed by atoms with E-state index < -0.39 is 6.10 Å². The molecule has 0 saturated heterocycles. The van der Waals surface area contributed by atoms with Crippen LogP contribution in [0.4, 0.5) is 0 Å². The summed E-state index contributed by atoms with van der Waals surface area (Å²) >= 11 is 7.54. The van der Waals surface area contributed by atoms with E-state index in [1.165, 1.54) is 0 Å². The van der Waals surface area contributed by atoms with Crippen molar-refractivity contribution in [2.24, 2.45) is 0 Å². The molecule has 2 N–H and O–H groups in total. The van der Waals surface area contributed by atoms with Crippen molar-refractivity contribution in [1.82, 2.24) is 9.97 Å². The summed E-state index contributed by atoms with van der Waals surface area (Å²) in [4.78, 5) is 8.77. The number of H-pyrrole nitrogens is 1. The summed E-state index contributed by atoms with van der Waals surface area (Å²) in [5.41, 5.74) is 1.93. The number of aromatic amines is 1. The molecule has 21 heavy (non-hydrogen) atoms. The Balaban J connectivity index is 1.59. The smallest absolute Gasteiger partial charge is 0.109 e. The summed E-state index contributed by atoms with van der Waals surface area (Å²) < 4.78 is 0. The quantitative estimate of drug-likeness (QED) is 0.701. The molecular weight excluding hydrogens is 304 g/mol. The van der Waals surface area contributed by atoms with Gasteiger partial charge in [0.2, 0.25) is 0 Å². The normalized spacial score (nSPS) is 12.7. The van der Waals surface area contributed by atoms with Gasteiger partial charge in [0.05, 0.1) is 17.1 Å². The van der Waals surface area contributed by atoms with Crippen molar-refractivity contribution in [3.05, 3.63) is 59.4 Å². The summed E-state index contributed by atoms with van der Waals surface area (Å²) in [5.74, 6) is 1.42. The molecule has 1 heterocycles. The van der Waals surface area contributed by atoms with Crippen LogP contribution in [-0.4, -0.2) is 26.9 Å². The molecule has 0 fully saturated rings. The molecule has 3 nitrogen and oxygen atoms in total. The molecule has 0 aliphatic rings.